The van der Waals surface area contributed by atoms with Crippen molar-refractivity contribution in [1.82, 2.24) is 0 Å². The molecule has 1 saturated carbocycles. The zero-order chi connectivity index (χ0) is 12.3. The van der Waals surface area contributed by atoms with Gasteiger partial charge >= 0.3 is 0 Å². The van der Waals surface area contributed by atoms with Crippen molar-refractivity contribution in [2.24, 2.45) is 0 Å². The fourth-order valence-electron chi connectivity index (χ4n) is 2.58. The summed E-state index contributed by atoms with van der Waals surface area (Å²) in [6.07, 6.45) is 5.23. The van der Waals surface area contributed by atoms with Crippen molar-refractivity contribution in [3.8, 4) is 0 Å². The van der Waals surface area contributed by atoms with E-state index >= 15 is 0 Å². The number of carbonyl (C=O) groups excluding carboxylic acids is 1. The summed E-state index contributed by atoms with van der Waals surface area (Å²) >= 11 is 6.21. The third-order valence-corrected chi connectivity index (χ3v) is 4.03. The summed E-state index contributed by atoms with van der Waals surface area (Å²) in [5.74, 6) is 0.799. The van der Waals surface area contributed by atoms with Crippen LogP contribution in [0.3, 0.4) is 0 Å². The van der Waals surface area contributed by atoms with E-state index in [2.05, 4.69) is 12.1 Å². The summed E-state index contributed by atoms with van der Waals surface area (Å²) in [6.45, 7) is 1.90. The van der Waals surface area contributed by atoms with Gasteiger partial charge in [0.2, 0.25) is 0 Å². The van der Waals surface area contributed by atoms with Gasteiger partial charge in [-0.15, -0.1) is 11.6 Å². The van der Waals surface area contributed by atoms with E-state index in [-0.39, 0.29) is 5.78 Å². The first kappa shape index (κ1) is 12.6. The van der Waals surface area contributed by atoms with Gasteiger partial charge in [-0.2, -0.15) is 0 Å². The molecule has 2 rings (SSSR count). The van der Waals surface area contributed by atoms with Crippen LogP contribution in [0.5, 0.6) is 0 Å². The Bertz CT molecular complexity index is 382. The predicted molar refractivity (Wildman–Crippen MR) is 71.9 cm³/mol. The van der Waals surface area contributed by atoms with Gasteiger partial charge in [0, 0.05) is 17.4 Å². The number of Topliss-reactive ketones (excluding diaryl/α,β-unsaturated/α-hetero) is 1. The van der Waals surface area contributed by atoms with Crippen molar-refractivity contribution in [2.75, 3.05) is 0 Å². The number of hydrogen-bond donors (Lipinski definition) is 0. The highest BCUT2D eigenvalue weighted by atomic mass is 35.5. The van der Waals surface area contributed by atoms with Gasteiger partial charge in [-0.1, -0.05) is 37.6 Å². The minimum absolute atomic E-state index is 0.218. The largest absolute Gasteiger partial charge is 0.294 e. The number of carbonyl (C=O) groups is 1. The second-order valence-corrected chi connectivity index (χ2v) is 5.48. The molecule has 0 spiro atoms. The van der Waals surface area contributed by atoms with Crippen LogP contribution >= 0.6 is 11.6 Å². The Kier molecular flexibility index (Phi) is 4.22. The first-order valence-corrected chi connectivity index (χ1v) is 6.91. The number of halogens is 1. The third-order valence-electron chi connectivity index (χ3n) is 3.64. The maximum Gasteiger partial charge on any atom is 0.162 e. The normalized spacial score (nSPS) is 24.6. The van der Waals surface area contributed by atoms with Crippen LogP contribution in [0.25, 0.3) is 0 Å². The summed E-state index contributed by atoms with van der Waals surface area (Å²) in [7, 11) is 0. The average molecular weight is 251 g/mol. The Labute approximate surface area is 108 Å². The number of alkyl halides is 1. The number of ketones is 1. The van der Waals surface area contributed by atoms with Gasteiger partial charge in [0.15, 0.2) is 5.78 Å². The molecule has 0 aliphatic heterocycles. The standard InChI is InChI=1S/C15H19ClO/c1-2-15(17)12-8-6-11(7-9-12)13-4-3-5-14(16)10-13/h6-9,13-14H,2-5,10H2,1H3. The van der Waals surface area contributed by atoms with Crippen LogP contribution in [0.2, 0.25) is 0 Å². The van der Waals surface area contributed by atoms with Crippen molar-refractivity contribution in [3.05, 3.63) is 35.4 Å². The van der Waals surface area contributed by atoms with Gasteiger partial charge in [-0.25, -0.2) is 0 Å². The molecule has 0 amide bonds. The van der Waals surface area contributed by atoms with E-state index < -0.39 is 0 Å². The number of rotatable bonds is 3. The molecule has 1 aliphatic carbocycles. The molecular weight excluding hydrogens is 232 g/mol. The lowest BCUT2D eigenvalue weighted by atomic mass is 9.83. The summed E-state index contributed by atoms with van der Waals surface area (Å²) in [5.41, 5.74) is 2.16. The van der Waals surface area contributed by atoms with Gasteiger partial charge in [-0.05, 0) is 30.7 Å². The van der Waals surface area contributed by atoms with Crippen molar-refractivity contribution in [1.29, 1.82) is 0 Å². The monoisotopic (exact) mass is 250 g/mol. The summed E-state index contributed by atoms with van der Waals surface area (Å²) in [6, 6.07) is 8.11. The van der Waals surface area contributed by atoms with Crippen molar-refractivity contribution in [3.63, 3.8) is 0 Å². The zero-order valence-corrected chi connectivity index (χ0v) is 11.0. The molecule has 2 unspecified atom stereocenters. The molecule has 0 saturated heterocycles. The van der Waals surface area contributed by atoms with Gasteiger partial charge in [0.25, 0.3) is 0 Å². The number of hydrogen-bond acceptors (Lipinski definition) is 1. The van der Waals surface area contributed by atoms with Crippen molar-refractivity contribution in [2.45, 2.75) is 50.3 Å². The molecule has 0 heterocycles. The number of benzene rings is 1. The van der Waals surface area contributed by atoms with Gasteiger partial charge in [0.05, 0.1) is 0 Å². The topological polar surface area (TPSA) is 17.1 Å². The highest BCUT2D eigenvalue weighted by Crippen LogP contribution is 2.35. The van der Waals surface area contributed by atoms with Crippen LogP contribution in [0.4, 0.5) is 0 Å². The predicted octanol–water partition coefficient (Wildman–Crippen LogP) is 4.54. The van der Waals surface area contributed by atoms with E-state index in [1.807, 2.05) is 19.1 Å². The zero-order valence-electron chi connectivity index (χ0n) is 10.3. The van der Waals surface area contributed by atoms with Crippen molar-refractivity contribution < 1.29 is 4.79 Å². The smallest absolute Gasteiger partial charge is 0.162 e. The molecule has 1 aliphatic rings. The highest BCUT2D eigenvalue weighted by Gasteiger charge is 2.21. The van der Waals surface area contributed by atoms with E-state index in [1.165, 1.54) is 18.4 Å². The van der Waals surface area contributed by atoms with E-state index in [1.54, 1.807) is 0 Å². The molecule has 0 N–H and O–H groups in total. The molecular formula is C15H19ClO. The van der Waals surface area contributed by atoms with E-state index in [0.717, 1.165) is 18.4 Å². The van der Waals surface area contributed by atoms with Crippen molar-refractivity contribution >= 4 is 17.4 Å². The van der Waals surface area contributed by atoms with Crippen LogP contribution in [-0.2, 0) is 0 Å². The first-order valence-electron chi connectivity index (χ1n) is 6.48. The second kappa shape index (κ2) is 5.68. The molecule has 17 heavy (non-hydrogen) atoms. The van der Waals surface area contributed by atoms with Crippen LogP contribution in [-0.4, -0.2) is 11.2 Å². The summed E-state index contributed by atoms with van der Waals surface area (Å²) in [4.78, 5) is 11.5. The fraction of sp³-hybridized carbons (Fsp3) is 0.533. The molecule has 1 fully saturated rings. The Morgan fingerprint density at radius 2 is 2.00 bits per heavy atom. The lowest BCUT2D eigenvalue weighted by Crippen LogP contribution is -2.14. The van der Waals surface area contributed by atoms with E-state index in [4.69, 9.17) is 11.6 Å². The lowest BCUT2D eigenvalue weighted by molar-refractivity contribution is 0.0988. The van der Waals surface area contributed by atoms with E-state index in [0.29, 0.717) is 17.7 Å². The second-order valence-electron chi connectivity index (χ2n) is 4.86. The SMILES string of the molecule is CCC(=O)c1ccc(C2CCCC(Cl)C2)cc1. The van der Waals surface area contributed by atoms with Crippen LogP contribution in [0, 0.1) is 0 Å². The molecule has 2 atom stereocenters. The summed E-state index contributed by atoms with van der Waals surface area (Å²) < 4.78 is 0. The Hall–Kier alpha value is -0.820. The summed E-state index contributed by atoms with van der Waals surface area (Å²) in [5, 5.41) is 0.325. The third kappa shape index (κ3) is 3.10. The van der Waals surface area contributed by atoms with Gasteiger partial charge in [-0.3, -0.25) is 4.79 Å². The molecule has 2 heteroatoms. The molecule has 0 aromatic heterocycles. The Balaban J connectivity index is 2.09. The van der Waals surface area contributed by atoms with Gasteiger partial charge in [0.1, 0.15) is 0 Å². The lowest BCUT2D eigenvalue weighted by Gasteiger charge is -2.25. The maximum absolute atomic E-state index is 11.5. The minimum atomic E-state index is 0.218. The minimum Gasteiger partial charge on any atom is -0.294 e. The highest BCUT2D eigenvalue weighted by molar-refractivity contribution is 6.20. The van der Waals surface area contributed by atoms with Crippen LogP contribution in [0.15, 0.2) is 24.3 Å². The Morgan fingerprint density at radius 1 is 1.29 bits per heavy atom. The van der Waals surface area contributed by atoms with Crippen LogP contribution in [0.1, 0.15) is 60.9 Å². The van der Waals surface area contributed by atoms with Gasteiger partial charge < -0.3 is 0 Å². The molecule has 1 aromatic carbocycles. The molecule has 1 nitrogen and oxygen atoms in total. The van der Waals surface area contributed by atoms with E-state index in [9.17, 15) is 4.79 Å². The molecule has 1 aromatic rings. The molecule has 0 bridgehead atoms. The van der Waals surface area contributed by atoms with Crippen LogP contribution < -0.4 is 0 Å². The fourth-order valence-corrected chi connectivity index (χ4v) is 2.95. The quantitative estimate of drug-likeness (QED) is 0.568. The average Bonchev–Trinajstić information content (AvgIpc) is 2.38. The molecule has 0 radical (unpaired) electrons. The maximum atomic E-state index is 11.5. The molecule has 92 valence electrons. The Morgan fingerprint density at radius 3 is 2.59 bits per heavy atom. The first-order chi connectivity index (χ1) is 8.20.